The highest BCUT2D eigenvalue weighted by atomic mass is 35.5. The fourth-order valence-corrected chi connectivity index (χ4v) is 4.80. The Bertz CT molecular complexity index is 1210. The highest BCUT2D eigenvalue weighted by molar-refractivity contribution is 8.18. The quantitative estimate of drug-likeness (QED) is 0.395. The van der Waals surface area contributed by atoms with E-state index in [2.05, 4.69) is 4.57 Å². The molecule has 2 aromatic carbocycles. The van der Waals surface area contributed by atoms with Gasteiger partial charge in [-0.25, -0.2) is 0 Å². The molecular formula is C25H23ClN2O3S. The Hall–Kier alpha value is -2.96. The number of hydrogen-bond donors (Lipinski definition) is 0. The summed E-state index contributed by atoms with van der Waals surface area (Å²) in [4.78, 5) is 26.1. The van der Waals surface area contributed by atoms with Crippen molar-refractivity contribution >= 4 is 40.6 Å². The Morgan fingerprint density at radius 1 is 1.06 bits per heavy atom. The molecule has 32 heavy (non-hydrogen) atoms. The lowest BCUT2D eigenvalue weighted by molar-refractivity contribution is -0.122. The van der Waals surface area contributed by atoms with E-state index in [4.69, 9.17) is 16.3 Å². The van der Waals surface area contributed by atoms with E-state index >= 15 is 0 Å². The van der Waals surface area contributed by atoms with E-state index in [0.717, 1.165) is 45.7 Å². The molecule has 7 heteroatoms. The average Bonchev–Trinajstić information content (AvgIpc) is 3.21. The van der Waals surface area contributed by atoms with Gasteiger partial charge in [-0.05, 0) is 80.6 Å². The van der Waals surface area contributed by atoms with Crippen LogP contribution in [0.2, 0.25) is 5.02 Å². The van der Waals surface area contributed by atoms with Crippen LogP contribution < -0.4 is 4.74 Å². The molecular weight excluding hydrogens is 444 g/mol. The largest absolute Gasteiger partial charge is 0.489 e. The molecule has 0 atom stereocenters. The van der Waals surface area contributed by atoms with Crippen LogP contribution in [0.3, 0.4) is 0 Å². The van der Waals surface area contributed by atoms with E-state index in [9.17, 15) is 9.59 Å². The molecule has 4 rings (SSSR count). The minimum atomic E-state index is -0.229. The number of hydrogen-bond acceptors (Lipinski definition) is 4. The van der Waals surface area contributed by atoms with Crippen molar-refractivity contribution in [3.63, 3.8) is 0 Å². The van der Waals surface area contributed by atoms with E-state index in [1.54, 1.807) is 13.0 Å². The second kappa shape index (κ2) is 9.27. The molecule has 1 aromatic heterocycles. The minimum absolute atomic E-state index is 0.218. The van der Waals surface area contributed by atoms with Crippen molar-refractivity contribution in [1.82, 2.24) is 9.47 Å². The Labute approximate surface area is 196 Å². The van der Waals surface area contributed by atoms with Crippen LogP contribution in [0.4, 0.5) is 4.79 Å². The number of thioether (sulfide) groups is 1. The zero-order valence-corrected chi connectivity index (χ0v) is 19.7. The van der Waals surface area contributed by atoms with Crippen molar-refractivity contribution in [1.29, 1.82) is 0 Å². The summed E-state index contributed by atoms with van der Waals surface area (Å²) >= 11 is 7.19. The first-order valence-electron chi connectivity index (χ1n) is 10.3. The van der Waals surface area contributed by atoms with Crippen molar-refractivity contribution in [2.75, 3.05) is 6.54 Å². The third kappa shape index (κ3) is 4.33. The predicted octanol–water partition coefficient (Wildman–Crippen LogP) is 6.38. The molecule has 0 aliphatic carbocycles. The van der Waals surface area contributed by atoms with E-state index in [-0.39, 0.29) is 11.1 Å². The first-order chi connectivity index (χ1) is 15.4. The SMILES string of the molecule is CCN1C(=O)S/C(=C/c2cc(C)n(-c3ccc(OCc4ccccc4Cl)cc3)c2C)C1=O. The molecule has 2 heterocycles. The summed E-state index contributed by atoms with van der Waals surface area (Å²) in [6, 6.07) is 17.5. The van der Waals surface area contributed by atoms with Gasteiger partial charge in [0.1, 0.15) is 12.4 Å². The molecule has 0 saturated carbocycles. The van der Waals surface area contributed by atoms with Gasteiger partial charge in [-0.1, -0.05) is 29.8 Å². The molecule has 0 bridgehead atoms. The third-order valence-electron chi connectivity index (χ3n) is 5.39. The van der Waals surface area contributed by atoms with E-state index in [1.807, 2.05) is 68.4 Å². The zero-order chi connectivity index (χ0) is 22.8. The number of ether oxygens (including phenoxy) is 1. The first kappa shape index (κ1) is 22.2. The first-order valence-corrected chi connectivity index (χ1v) is 11.5. The van der Waals surface area contributed by atoms with Gasteiger partial charge in [-0.3, -0.25) is 14.5 Å². The second-order valence-electron chi connectivity index (χ2n) is 7.46. The monoisotopic (exact) mass is 466 g/mol. The molecule has 2 amide bonds. The van der Waals surface area contributed by atoms with Crippen molar-refractivity contribution in [3.05, 3.63) is 87.0 Å². The number of halogens is 1. The van der Waals surface area contributed by atoms with Crippen LogP contribution in [0, 0.1) is 13.8 Å². The molecule has 0 unspecified atom stereocenters. The van der Waals surface area contributed by atoms with E-state index in [0.29, 0.717) is 23.1 Å². The molecule has 0 N–H and O–H groups in total. The van der Waals surface area contributed by atoms with Crippen LogP contribution in [0.5, 0.6) is 5.75 Å². The average molecular weight is 467 g/mol. The van der Waals surface area contributed by atoms with Gasteiger partial charge in [0, 0.05) is 34.2 Å². The number of nitrogens with zero attached hydrogens (tertiary/aromatic N) is 2. The summed E-state index contributed by atoms with van der Waals surface area (Å²) in [7, 11) is 0. The lowest BCUT2D eigenvalue weighted by Crippen LogP contribution is -2.27. The summed E-state index contributed by atoms with van der Waals surface area (Å²) in [6.45, 7) is 6.60. The fourth-order valence-electron chi connectivity index (χ4n) is 3.71. The number of likely N-dealkylation sites (N-methyl/N-ethyl adjacent to an activating group) is 1. The van der Waals surface area contributed by atoms with Gasteiger partial charge in [0.15, 0.2) is 0 Å². The molecule has 3 aromatic rings. The van der Waals surface area contributed by atoms with Crippen LogP contribution in [0.15, 0.2) is 59.5 Å². The van der Waals surface area contributed by atoms with Crippen molar-refractivity contribution in [2.24, 2.45) is 0 Å². The highest BCUT2D eigenvalue weighted by Crippen LogP contribution is 2.33. The summed E-state index contributed by atoms with van der Waals surface area (Å²) in [6.07, 6.45) is 1.81. The molecule has 0 radical (unpaired) electrons. The van der Waals surface area contributed by atoms with Gasteiger partial charge in [0.05, 0.1) is 4.91 Å². The summed E-state index contributed by atoms with van der Waals surface area (Å²) in [5, 5.41) is 0.469. The van der Waals surface area contributed by atoms with Crippen LogP contribution in [0.25, 0.3) is 11.8 Å². The molecule has 1 aliphatic heterocycles. The van der Waals surface area contributed by atoms with Gasteiger partial charge in [0.25, 0.3) is 11.1 Å². The van der Waals surface area contributed by atoms with Crippen LogP contribution in [-0.4, -0.2) is 27.2 Å². The zero-order valence-electron chi connectivity index (χ0n) is 18.1. The third-order valence-corrected chi connectivity index (χ3v) is 6.67. The van der Waals surface area contributed by atoms with Crippen LogP contribution >= 0.6 is 23.4 Å². The fraction of sp³-hybridized carbons (Fsp3) is 0.200. The lowest BCUT2D eigenvalue weighted by Gasteiger charge is -2.12. The topological polar surface area (TPSA) is 51.5 Å². The van der Waals surface area contributed by atoms with Crippen molar-refractivity contribution < 1.29 is 14.3 Å². The number of imide groups is 1. The Kier molecular flexibility index (Phi) is 6.44. The number of aromatic nitrogens is 1. The van der Waals surface area contributed by atoms with E-state index < -0.39 is 0 Å². The molecule has 0 spiro atoms. The molecule has 164 valence electrons. The number of benzene rings is 2. The Morgan fingerprint density at radius 2 is 1.78 bits per heavy atom. The number of rotatable bonds is 6. The lowest BCUT2D eigenvalue weighted by atomic mass is 10.2. The predicted molar refractivity (Wildman–Crippen MR) is 129 cm³/mol. The summed E-state index contributed by atoms with van der Waals surface area (Å²) in [5.74, 6) is 0.525. The second-order valence-corrected chi connectivity index (χ2v) is 8.86. The minimum Gasteiger partial charge on any atom is -0.489 e. The summed E-state index contributed by atoms with van der Waals surface area (Å²) < 4.78 is 8.00. The van der Waals surface area contributed by atoms with Gasteiger partial charge < -0.3 is 9.30 Å². The summed E-state index contributed by atoms with van der Waals surface area (Å²) in [5.41, 5.74) is 4.88. The maximum atomic E-state index is 12.4. The van der Waals surface area contributed by atoms with Crippen LogP contribution in [0.1, 0.15) is 29.4 Å². The van der Waals surface area contributed by atoms with Crippen molar-refractivity contribution in [3.8, 4) is 11.4 Å². The van der Waals surface area contributed by atoms with Crippen LogP contribution in [-0.2, 0) is 11.4 Å². The number of amides is 2. The highest BCUT2D eigenvalue weighted by Gasteiger charge is 2.33. The number of carbonyl (C=O) groups excluding carboxylic acids is 2. The number of carbonyl (C=O) groups is 2. The molecule has 1 aliphatic rings. The molecule has 5 nitrogen and oxygen atoms in total. The van der Waals surface area contributed by atoms with Gasteiger partial charge in [-0.2, -0.15) is 0 Å². The smallest absolute Gasteiger partial charge is 0.293 e. The van der Waals surface area contributed by atoms with Crippen molar-refractivity contribution in [2.45, 2.75) is 27.4 Å². The maximum absolute atomic E-state index is 12.4. The van der Waals surface area contributed by atoms with Gasteiger partial charge >= 0.3 is 0 Å². The van der Waals surface area contributed by atoms with Gasteiger partial charge in [-0.15, -0.1) is 0 Å². The molecule has 1 saturated heterocycles. The molecule has 1 fully saturated rings. The Balaban J connectivity index is 1.54. The standard InChI is InChI=1S/C25H23ClN2O3S/c1-4-27-24(29)23(32-25(27)30)14-19-13-16(2)28(17(19)3)20-9-11-21(12-10-20)31-15-18-7-5-6-8-22(18)26/h5-14H,4,15H2,1-3H3/b23-14+. The number of aryl methyl sites for hydroxylation is 1. The maximum Gasteiger partial charge on any atom is 0.293 e. The normalized spacial score (nSPS) is 15.1. The van der Waals surface area contributed by atoms with E-state index in [1.165, 1.54) is 4.90 Å². The van der Waals surface area contributed by atoms with Gasteiger partial charge in [0.2, 0.25) is 0 Å². The Morgan fingerprint density at radius 3 is 2.44 bits per heavy atom.